The maximum atomic E-state index is 11.5. The van der Waals surface area contributed by atoms with Crippen LogP contribution in [0.15, 0.2) is 23.1 Å². The Bertz CT molecular complexity index is 805. The molecule has 2 aliphatic rings. The van der Waals surface area contributed by atoms with E-state index in [1.807, 2.05) is 18.9 Å². The summed E-state index contributed by atoms with van der Waals surface area (Å²) in [5, 5.41) is 16.6. The topological polar surface area (TPSA) is 116 Å². The van der Waals surface area contributed by atoms with E-state index in [2.05, 4.69) is 0 Å². The van der Waals surface area contributed by atoms with Gasteiger partial charge in [0, 0.05) is 31.2 Å². The van der Waals surface area contributed by atoms with E-state index in [9.17, 15) is 18.5 Å². The van der Waals surface area contributed by atoms with Gasteiger partial charge in [-0.2, -0.15) is 0 Å². The number of rotatable bonds is 6. The van der Waals surface area contributed by atoms with Gasteiger partial charge in [0.2, 0.25) is 10.0 Å². The van der Waals surface area contributed by atoms with Crippen LogP contribution in [0.25, 0.3) is 0 Å². The Morgan fingerprint density at radius 2 is 2.04 bits per heavy atom. The van der Waals surface area contributed by atoms with Crippen LogP contribution in [0.2, 0.25) is 0 Å². The zero-order valence-electron chi connectivity index (χ0n) is 15.1. The number of ether oxygens (including phenoxy) is 1. The van der Waals surface area contributed by atoms with Crippen LogP contribution in [-0.2, 0) is 14.8 Å². The minimum absolute atomic E-state index is 0.0250. The first-order valence-electron chi connectivity index (χ1n) is 8.86. The van der Waals surface area contributed by atoms with Crippen LogP contribution in [0.1, 0.15) is 39.0 Å². The molecule has 0 aromatic heterocycles. The smallest absolute Gasteiger partial charge is 0.293 e. The van der Waals surface area contributed by atoms with Gasteiger partial charge < -0.3 is 9.64 Å². The van der Waals surface area contributed by atoms with Gasteiger partial charge in [-0.3, -0.25) is 10.1 Å². The fourth-order valence-corrected chi connectivity index (χ4v) is 5.22. The molecule has 0 radical (unpaired) electrons. The lowest BCUT2D eigenvalue weighted by Gasteiger charge is -2.57. The van der Waals surface area contributed by atoms with Gasteiger partial charge >= 0.3 is 0 Å². The van der Waals surface area contributed by atoms with E-state index in [-0.39, 0.29) is 28.1 Å². The number of nitrogens with two attached hydrogens (primary N) is 1. The van der Waals surface area contributed by atoms with Crippen molar-refractivity contribution in [3.8, 4) is 0 Å². The number of nitrogens with zero attached hydrogens (tertiary/aromatic N) is 2. The second-order valence-corrected chi connectivity index (χ2v) is 8.76. The molecule has 26 heavy (non-hydrogen) atoms. The van der Waals surface area contributed by atoms with E-state index >= 15 is 0 Å². The van der Waals surface area contributed by atoms with E-state index in [4.69, 9.17) is 9.88 Å². The normalized spacial score (nSPS) is 24.4. The zero-order chi connectivity index (χ0) is 19.1. The summed E-state index contributed by atoms with van der Waals surface area (Å²) < 4.78 is 29.0. The summed E-state index contributed by atoms with van der Waals surface area (Å²) in [7, 11) is -2.16. The highest BCUT2D eigenvalue weighted by atomic mass is 32.2. The molecule has 1 aromatic rings. The van der Waals surface area contributed by atoms with Gasteiger partial charge in [-0.15, -0.1) is 0 Å². The van der Waals surface area contributed by atoms with Gasteiger partial charge in [0.25, 0.3) is 5.69 Å². The Balaban J connectivity index is 1.95. The highest BCUT2D eigenvalue weighted by Crippen LogP contribution is 2.57. The third kappa shape index (κ3) is 3.08. The van der Waals surface area contributed by atoms with Crippen molar-refractivity contribution in [3.63, 3.8) is 0 Å². The van der Waals surface area contributed by atoms with E-state index in [1.54, 1.807) is 0 Å². The van der Waals surface area contributed by atoms with Crippen LogP contribution >= 0.6 is 0 Å². The van der Waals surface area contributed by atoms with Crippen LogP contribution in [-0.4, -0.2) is 39.1 Å². The standard InChI is InChI=1S/C17H25N3O5S/c1-3-25-16-11-15(17(16)8-4-5-9-17)19(2)13-7-6-12(26(18,23)24)10-14(13)20(21)22/h6-7,10,15-16H,3-5,8-9,11H2,1-2H3,(H2,18,23,24). The molecule has 2 unspecified atom stereocenters. The zero-order valence-corrected chi connectivity index (χ0v) is 15.9. The lowest BCUT2D eigenvalue weighted by atomic mass is 9.60. The lowest BCUT2D eigenvalue weighted by molar-refractivity contribution is -0.384. The summed E-state index contributed by atoms with van der Waals surface area (Å²) in [4.78, 5) is 12.6. The van der Waals surface area contributed by atoms with Crippen LogP contribution in [0.4, 0.5) is 11.4 Å². The first-order valence-corrected chi connectivity index (χ1v) is 10.4. The summed E-state index contributed by atoms with van der Waals surface area (Å²) >= 11 is 0. The Kier molecular flexibility index (Phi) is 4.98. The molecule has 0 heterocycles. The van der Waals surface area contributed by atoms with Crippen molar-refractivity contribution in [2.24, 2.45) is 10.6 Å². The van der Waals surface area contributed by atoms with Crippen molar-refractivity contribution in [1.82, 2.24) is 0 Å². The van der Waals surface area contributed by atoms with Gasteiger partial charge in [0.1, 0.15) is 5.69 Å². The fourth-order valence-electron chi connectivity index (χ4n) is 4.69. The van der Waals surface area contributed by atoms with E-state index in [1.165, 1.54) is 12.1 Å². The minimum Gasteiger partial charge on any atom is -0.378 e. The number of hydrogen-bond donors (Lipinski definition) is 1. The molecule has 0 saturated heterocycles. The quantitative estimate of drug-likeness (QED) is 0.596. The number of nitro groups is 1. The maximum absolute atomic E-state index is 11.5. The minimum atomic E-state index is -3.99. The Morgan fingerprint density at radius 3 is 2.58 bits per heavy atom. The molecular formula is C17H25N3O5S. The van der Waals surface area contributed by atoms with Crippen molar-refractivity contribution in [2.75, 3.05) is 18.6 Å². The van der Waals surface area contributed by atoms with Crippen molar-refractivity contribution >= 4 is 21.4 Å². The Morgan fingerprint density at radius 1 is 1.38 bits per heavy atom. The highest BCUT2D eigenvalue weighted by Gasteiger charge is 2.58. The highest BCUT2D eigenvalue weighted by molar-refractivity contribution is 7.89. The summed E-state index contributed by atoms with van der Waals surface area (Å²) in [6.45, 7) is 2.64. The molecule has 9 heteroatoms. The molecule has 1 spiro atoms. The molecule has 0 aliphatic heterocycles. The molecular weight excluding hydrogens is 358 g/mol. The van der Waals surface area contributed by atoms with Gasteiger partial charge in [-0.25, -0.2) is 13.6 Å². The molecule has 0 bridgehead atoms. The monoisotopic (exact) mass is 383 g/mol. The first-order chi connectivity index (χ1) is 12.2. The largest absolute Gasteiger partial charge is 0.378 e. The van der Waals surface area contributed by atoms with Crippen LogP contribution < -0.4 is 10.0 Å². The van der Waals surface area contributed by atoms with Crippen molar-refractivity contribution < 1.29 is 18.1 Å². The fraction of sp³-hybridized carbons (Fsp3) is 0.647. The number of primary sulfonamides is 1. The summed E-state index contributed by atoms with van der Waals surface area (Å²) in [6, 6.07) is 3.99. The second kappa shape index (κ2) is 6.79. The maximum Gasteiger partial charge on any atom is 0.293 e. The summed E-state index contributed by atoms with van der Waals surface area (Å²) in [6.07, 6.45) is 5.38. The SMILES string of the molecule is CCOC1CC(N(C)c2ccc(S(N)(=O)=O)cc2[N+](=O)[O-])C12CCCC2. The predicted octanol–water partition coefficient (Wildman–Crippen LogP) is 2.42. The van der Waals surface area contributed by atoms with Crippen molar-refractivity contribution in [1.29, 1.82) is 0 Å². The van der Waals surface area contributed by atoms with Crippen LogP contribution in [0.5, 0.6) is 0 Å². The van der Waals surface area contributed by atoms with Gasteiger partial charge in [-0.05, 0) is 38.3 Å². The number of benzene rings is 1. The molecule has 3 rings (SSSR count). The van der Waals surface area contributed by atoms with Crippen molar-refractivity contribution in [3.05, 3.63) is 28.3 Å². The lowest BCUT2D eigenvalue weighted by Crippen LogP contribution is -2.63. The first kappa shape index (κ1) is 19.1. The van der Waals surface area contributed by atoms with Gasteiger partial charge in [0.15, 0.2) is 0 Å². The summed E-state index contributed by atoms with van der Waals surface area (Å²) in [5.74, 6) is 0. The number of sulfonamides is 1. The molecule has 8 nitrogen and oxygen atoms in total. The average Bonchev–Trinajstić information content (AvgIpc) is 3.09. The second-order valence-electron chi connectivity index (χ2n) is 7.20. The molecule has 2 fully saturated rings. The predicted molar refractivity (Wildman–Crippen MR) is 97.6 cm³/mol. The average molecular weight is 383 g/mol. The molecule has 0 amide bonds. The molecule has 1 aromatic carbocycles. The Labute approximate surface area is 153 Å². The molecule has 144 valence electrons. The van der Waals surface area contributed by atoms with Crippen LogP contribution in [0.3, 0.4) is 0 Å². The summed E-state index contributed by atoms with van der Waals surface area (Å²) in [5.41, 5.74) is 0.192. The number of anilines is 1. The number of nitro benzene ring substituents is 1. The molecule has 2 N–H and O–H groups in total. The van der Waals surface area contributed by atoms with Gasteiger partial charge in [-0.1, -0.05) is 12.8 Å². The third-order valence-electron chi connectivity index (χ3n) is 5.96. The van der Waals surface area contributed by atoms with Gasteiger partial charge in [0.05, 0.1) is 15.9 Å². The third-order valence-corrected chi connectivity index (χ3v) is 6.88. The Hall–Kier alpha value is -1.71. The van der Waals surface area contributed by atoms with Crippen molar-refractivity contribution in [2.45, 2.75) is 56.1 Å². The van der Waals surface area contributed by atoms with E-state index < -0.39 is 14.9 Å². The van der Waals surface area contributed by atoms with E-state index in [0.717, 1.165) is 38.2 Å². The van der Waals surface area contributed by atoms with E-state index in [0.29, 0.717) is 12.3 Å². The van der Waals surface area contributed by atoms with Crippen LogP contribution in [0, 0.1) is 15.5 Å². The molecule has 2 saturated carbocycles. The number of hydrogen-bond acceptors (Lipinski definition) is 6. The molecule has 2 aliphatic carbocycles. The molecule has 2 atom stereocenters.